The highest BCUT2D eigenvalue weighted by molar-refractivity contribution is 6.02. The summed E-state index contributed by atoms with van der Waals surface area (Å²) in [6.07, 6.45) is 9.22. The molecule has 162 valence electrons. The number of anilines is 1. The first-order chi connectivity index (χ1) is 15.6. The minimum atomic E-state index is -0.269. The average Bonchev–Trinajstić information content (AvgIpc) is 3.25. The van der Waals surface area contributed by atoms with E-state index in [0.717, 1.165) is 28.4 Å². The predicted octanol–water partition coefficient (Wildman–Crippen LogP) is 4.31. The fraction of sp³-hybridized carbons (Fsp3) is 0.167. The molecule has 1 fully saturated rings. The normalized spacial score (nSPS) is 16.6. The number of imidazole rings is 1. The summed E-state index contributed by atoms with van der Waals surface area (Å²) in [6.45, 7) is 3.07. The Labute approximate surface area is 185 Å². The Hall–Kier alpha value is -4.07. The van der Waals surface area contributed by atoms with Gasteiger partial charge in [-0.1, -0.05) is 6.07 Å². The Kier molecular flexibility index (Phi) is 5.10. The minimum Gasteiger partial charge on any atom is -0.495 e. The molecule has 32 heavy (non-hydrogen) atoms. The summed E-state index contributed by atoms with van der Waals surface area (Å²) in [6, 6.07) is 12.3. The van der Waals surface area contributed by atoms with Crippen molar-refractivity contribution in [2.75, 3.05) is 25.3 Å². The fourth-order valence-corrected chi connectivity index (χ4v) is 3.75. The lowest BCUT2D eigenvalue weighted by Crippen LogP contribution is -2.50. The number of hydrogen-bond acceptors (Lipinski definition) is 6. The van der Waals surface area contributed by atoms with Crippen LogP contribution in [-0.4, -0.2) is 40.7 Å². The topological polar surface area (TPSA) is 55.1 Å². The molecule has 7 nitrogen and oxygen atoms in total. The van der Waals surface area contributed by atoms with Crippen LogP contribution in [0.2, 0.25) is 0 Å². The van der Waals surface area contributed by atoms with Gasteiger partial charge in [0.25, 0.3) is 0 Å². The lowest BCUT2D eigenvalue weighted by atomic mass is 10.1. The van der Waals surface area contributed by atoms with Crippen molar-refractivity contribution in [1.29, 1.82) is 0 Å². The van der Waals surface area contributed by atoms with Crippen LogP contribution in [0.15, 0.2) is 78.1 Å². The maximum atomic E-state index is 13.4. The summed E-state index contributed by atoms with van der Waals surface area (Å²) >= 11 is 0. The van der Waals surface area contributed by atoms with Crippen molar-refractivity contribution < 1.29 is 13.9 Å². The van der Waals surface area contributed by atoms with Gasteiger partial charge in [-0.25, -0.2) is 14.4 Å². The van der Waals surface area contributed by atoms with Gasteiger partial charge in [0.2, 0.25) is 0 Å². The van der Waals surface area contributed by atoms with Crippen LogP contribution in [0, 0.1) is 12.7 Å². The summed E-state index contributed by atoms with van der Waals surface area (Å²) in [5, 5.41) is 3.96. The molecule has 0 radical (unpaired) electrons. The molecule has 5 rings (SSSR count). The molecule has 0 N–H and O–H groups in total. The maximum Gasteiger partial charge on any atom is 0.190 e. The zero-order valence-corrected chi connectivity index (χ0v) is 17.8. The summed E-state index contributed by atoms with van der Waals surface area (Å²) < 4.78 is 26.9. The van der Waals surface area contributed by atoms with Gasteiger partial charge >= 0.3 is 0 Å². The first-order valence-corrected chi connectivity index (χ1v) is 10.2. The maximum absolute atomic E-state index is 13.4. The number of halogens is 1. The second-order valence-corrected chi connectivity index (χ2v) is 7.41. The minimum absolute atomic E-state index is 0.269. The molecular formula is C24H22FN5O2. The standard InChI is InChI=1S/C24H22FN5O2/c1-17-15-28(16-27-17)21-8-3-18(13-22(21)31-2)14-23-24-26-9-10-29(30(24)11-12-32-23)20-6-4-19(25)5-7-20/h3-10,13-16H,11-12H2,1-2H3. The van der Waals surface area contributed by atoms with Crippen LogP contribution in [0.4, 0.5) is 10.1 Å². The van der Waals surface area contributed by atoms with E-state index < -0.39 is 0 Å². The Morgan fingerprint density at radius 1 is 1.16 bits per heavy atom. The van der Waals surface area contributed by atoms with Crippen LogP contribution >= 0.6 is 0 Å². The Morgan fingerprint density at radius 2 is 2.00 bits per heavy atom. The number of hydrazine groups is 1. The smallest absolute Gasteiger partial charge is 0.190 e. The Bertz CT molecular complexity index is 1230. The number of fused-ring (bicyclic) bond motifs is 1. The van der Waals surface area contributed by atoms with Crippen LogP contribution in [-0.2, 0) is 4.74 Å². The van der Waals surface area contributed by atoms with Gasteiger partial charge in [0.15, 0.2) is 11.6 Å². The quantitative estimate of drug-likeness (QED) is 0.616. The van der Waals surface area contributed by atoms with E-state index in [4.69, 9.17) is 9.47 Å². The molecule has 0 unspecified atom stereocenters. The highest BCUT2D eigenvalue weighted by Gasteiger charge is 2.29. The third-order valence-electron chi connectivity index (χ3n) is 5.27. The van der Waals surface area contributed by atoms with Crippen molar-refractivity contribution in [1.82, 2.24) is 14.6 Å². The highest BCUT2D eigenvalue weighted by Crippen LogP contribution is 2.29. The van der Waals surface area contributed by atoms with E-state index >= 15 is 0 Å². The van der Waals surface area contributed by atoms with Gasteiger partial charge in [0, 0.05) is 18.6 Å². The molecule has 2 aromatic carbocycles. The fourth-order valence-electron chi connectivity index (χ4n) is 3.75. The van der Waals surface area contributed by atoms with E-state index in [1.807, 2.05) is 58.2 Å². The van der Waals surface area contributed by atoms with E-state index in [2.05, 4.69) is 9.98 Å². The molecule has 3 heterocycles. The zero-order valence-electron chi connectivity index (χ0n) is 17.8. The summed E-state index contributed by atoms with van der Waals surface area (Å²) in [5.41, 5.74) is 3.60. The second kappa shape index (κ2) is 8.22. The molecule has 3 aromatic rings. The van der Waals surface area contributed by atoms with Gasteiger partial charge in [-0.3, -0.25) is 10.0 Å². The lowest BCUT2D eigenvalue weighted by molar-refractivity contribution is 0.169. The highest BCUT2D eigenvalue weighted by atomic mass is 19.1. The zero-order chi connectivity index (χ0) is 22.1. The molecule has 0 aliphatic carbocycles. The molecule has 2 aliphatic rings. The van der Waals surface area contributed by atoms with Crippen molar-refractivity contribution >= 4 is 17.6 Å². The Morgan fingerprint density at radius 3 is 2.75 bits per heavy atom. The van der Waals surface area contributed by atoms with Crippen LogP contribution in [0.3, 0.4) is 0 Å². The van der Waals surface area contributed by atoms with Gasteiger partial charge in [0.1, 0.15) is 18.2 Å². The number of amidine groups is 1. The second-order valence-electron chi connectivity index (χ2n) is 7.41. The molecule has 0 amide bonds. The van der Waals surface area contributed by atoms with Crippen molar-refractivity contribution in [3.63, 3.8) is 0 Å². The number of aromatic nitrogens is 2. The largest absolute Gasteiger partial charge is 0.495 e. The summed E-state index contributed by atoms with van der Waals surface area (Å²) in [7, 11) is 1.65. The van der Waals surface area contributed by atoms with Gasteiger partial charge < -0.3 is 14.0 Å². The van der Waals surface area contributed by atoms with Crippen molar-refractivity contribution in [2.24, 2.45) is 4.99 Å². The van der Waals surface area contributed by atoms with Crippen molar-refractivity contribution in [2.45, 2.75) is 6.92 Å². The number of methoxy groups -OCH3 is 1. The molecule has 0 saturated carbocycles. The number of benzene rings is 2. The molecule has 1 aromatic heterocycles. The van der Waals surface area contributed by atoms with Gasteiger partial charge in [-0.15, -0.1) is 0 Å². The molecule has 2 aliphatic heterocycles. The van der Waals surface area contributed by atoms with Gasteiger partial charge in [-0.2, -0.15) is 0 Å². The summed E-state index contributed by atoms with van der Waals surface area (Å²) in [5.74, 6) is 1.80. The van der Waals surface area contributed by atoms with Crippen LogP contribution < -0.4 is 9.75 Å². The molecule has 0 bridgehead atoms. The SMILES string of the molecule is COc1cc(C=C2OCCN3C2=NC=CN3c2ccc(F)cc2)ccc1-n1cnc(C)c1. The number of morpholine rings is 1. The van der Waals surface area contributed by atoms with Gasteiger partial charge in [0.05, 0.1) is 37.1 Å². The number of aryl methyl sites for hydroxylation is 1. The number of aliphatic imine (C=N–C) groups is 1. The van der Waals surface area contributed by atoms with Crippen molar-refractivity contribution in [3.8, 4) is 11.4 Å². The lowest BCUT2D eigenvalue weighted by Gasteiger charge is -2.41. The molecule has 8 heteroatoms. The Balaban J connectivity index is 1.46. The third-order valence-corrected chi connectivity index (χ3v) is 5.27. The van der Waals surface area contributed by atoms with E-state index in [1.165, 1.54) is 12.1 Å². The molecule has 0 atom stereocenters. The number of hydrogen-bond donors (Lipinski definition) is 0. The molecular weight excluding hydrogens is 409 g/mol. The van der Waals surface area contributed by atoms with E-state index in [0.29, 0.717) is 24.7 Å². The average molecular weight is 431 g/mol. The molecule has 0 spiro atoms. The van der Waals surface area contributed by atoms with E-state index in [1.54, 1.807) is 31.8 Å². The number of rotatable bonds is 4. The number of nitrogens with zero attached hydrogens (tertiary/aromatic N) is 5. The number of ether oxygens (including phenoxy) is 2. The van der Waals surface area contributed by atoms with E-state index in [9.17, 15) is 4.39 Å². The first-order valence-electron chi connectivity index (χ1n) is 10.2. The predicted molar refractivity (Wildman–Crippen MR) is 121 cm³/mol. The monoisotopic (exact) mass is 431 g/mol. The first kappa shape index (κ1) is 19.9. The van der Waals surface area contributed by atoms with Crippen molar-refractivity contribution in [3.05, 3.63) is 90.2 Å². The third kappa shape index (κ3) is 3.71. The summed E-state index contributed by atoms with van der Waals surface area (Å²) in [4.78, 5) is 8.83. The van der Waals surface area contributed by atoms with E-state index in [-0.39, 0.29) is 5.82 Å². The van der Waals surface area contributed by atoms with Gasteiger partial charge in [-0.05, 0) is 55.0 Å². The molecule has 1 saturated heterocycles. The van der Waals surface area contributed by atoms with Crippen LogP contribution in [0.5, 0.6) is 5.75 Å². The van der Waals surface area contributed by atoms with Crippen LogP contribution in [0.1, 0.15) is 11.3 Å². The van der Waals surface area contributed by atoms with Crippen LogP contribution in [0.25, 0.3) is 11.8 Å².